The van der Waals surface area contributed by atoms with Gasteiger partial charge in [0.05, 0.1) is 12.8 Å². The van der Waals surface area contributed by atoms with Gasteiger partial charge in [-0.25, -0.2) is 4.98 Å². The molecule has 142 valence electrons. The first-order chi connectivity index (χ1) is 13.3. The molecule has 2 fully saturated rings. The highest BCUT2D eigenvalue weighted by Crippen LogP contribution is 2.29. The molecule has 0 unspecified atom stereocenters. The van der Waals surface area contributed by atoms with Crippen LogP contribution in [0.4, 0.5) is 11.5 Å². The first-order valence-corrected chi connectivity index (χ1v) is 9.64. The molecule has 2 aliphatic heterocycles. The van der Waals surface area contributed by atoms with Crippen molar-refractivity contribution in [3.8, 4) is 5.75 Å². The fourth-order valence-electron chi connectivity index (χ4n) is 3.89. The number of hydrogen-bond acceptors (Lipinski definition) is 5. The van der Waals surface area contributed by atoms with Crippen molar-refractivity contribution in [2.24, 2.45) is 0 Å². The number of carbonyl (C=O) groups excluding carboxylic acids is 1. The molecule has 1 aromatic heterocycles. The van der Waals surface area contributed by atoms with Crippen LogP contribution in [0.15, 0.2) is 42.6 Å². The number of ether oxygens (including phenoxy) is 1. The van der Waals surface area contributed by atoms with E-state index in [2.05, 4.69) is 20.9 Å². The lowest BCUT2D eigenvalue weighted by Crippen LogP contribution is -2.47. The van der Waals surface area contributed by atoms with Crippen LogP contribution in [0, 0.1) is 0 Å². The number of pyridine rings is 1. The average molecular weight is 366 g/mol. The van der Waals surface area contributed by atoms with E-state index in [4.69, 9.17) is 4.74 Å². The minimum absolute atomic E-state index is 0.129. The van der Waals surface area contributed by atoms with E-state index in [1.54, 1.807) is 13.3 Å². The zero-order valence-electron chi connectivity index (χ0n) is 15.8. The fourth-order valence-corrected chi connectivity index (χ4v) is 3.89. The zero-order chi connectivity index (χ0) is 18.6. The molecule has 0 spiro atoms. The first-order valence-electron chi connectivity index (χ1n) is 9.64. The molecule has 0 saturated carbocycles. The highest BCUT2D eigenvalue weighted by Gasteiger charge is 2.23. The fraction of sp³-hybridized carbons (Fsp3) is 0.429. The summed E-state index contributed by atoms with van der Waals surface area (Å²) in [4.78, 5) is 23.7. The SMILES string of the molecule is COc1ccccc1N1CCN(c2cc(C(=O)N3CCCC3)ccn2)CC1. The third kappa shape index (κ3) is 3.70. The Morgan fingerprint density at radius 2 is 1.67 bits per heavy atom. The third-order valence-electron chi connectivity index (χ3n) is 5.42. The summed E-state index contributed by atoms with van der Waals surface area (Å²) in [5.74, 6) is 1.92. The molecular weight excluding hydrogens is 340 g/mol. The lowest BCUT2D eigenvalue weighted by atomic mass is 10.2. The molecule has 4 rings (SSSR count). The van der Waals surface area contributed by atoms with Crippen molar-refractivity contribution in [1.82, 2.24) is 9.88 Å². The number of aromatic nitrogens is 1. The second-order valence-corrected chi connectivity index (χ2v) is 7.05. The normalized spacial score (nSPS) is 17.3. The molecule has 0 N–H and O–H groups in total. The lowest BCUT2D eigenvalue weighted by Gasteiger charge is -2.37. The summed E-state index contributed by atoms with van der Waals surface area (Å²) in [5.41, 5.74) is 1.87. The summed E-state index contributed by atoms with van der Waals surface area (Å²) in [6, 6.07) is 11.9. The molecule has 1 aromatic carbocycles. The van der Waals surface area contributed by atoms with Crippen LogP contribution in [0.25, 0.3) is 0 Å². The van der Waals surface area contributed by atoms with Gasteiger partial charge in [-0.15, -0.1) is 0 Å². The molecule has 6 nitrogen and oxygen atoms in total. The number of piperazine rings is 1. The van der Waals surface area contributed by atoms with Gasteiger partial charge in [-0.05, 0) is 37.1 Å². The van der Waals surface area contributed by atoms with Gasteiger partial charge in [0.2, 0.25) is 0 Å². The van der Waals surface area contributed by atoms with Gasteiger partial charge in [0, 0.05) is 51.0 Å². The molecule has 6 heteroatoms. The summed E-state index contributed by atoms with van der Waals surface area (Å²) < 4.78 is 5.49. The number of para-hydroxylation sites is 2. The summed E-state index contributed by atoms with van der Waals surface area (Å²) in [6.07, 6.45) is 3.97. The van der Waals surface area contributed by atoms with E-state index in [0.29, 0.717) is 0 Å². The lowest BCUT2D eigenvalue weighted by molar-refractivity contribution is 0.0792. The Hall–Kier alpha value is -2.76. The van der Waals surface area contributed by atoms with Crippen molar-refractivity contribution in [3.63, 3.8) is 0 Å². The maximum absolute atomic E-state index is 12.6. The van der Waals surface area contributed by atoms with E-state index in [1.807, 2.05) is 35.2 Å². The molecule has 2 aliphatic rings. The summed E-state index contributed by atoms with van der Waals surface area (Å²) >= 11 is 0. The van der Waals surface area contributed by atoms with Crippen molar-refractivity contribution >= 4 is 17.4 Å². The van der Waals surface area contributed by atoms with E-state index in [1.165, 1.54) is 0 Å². The van der Waals surface area contributed by atoms with Crippen molar-refractivity contribution in [2.45, 2.75) is 12.8 Å². The van der Waals surface area contributed by atoms with Crippen LogP contribution >= 0.6 is 0 Å². The van der Waals surface area contributed by atoms with Crippen molar-refractivity contribution in [3.05, 3.63) is 48.2 Å². The number of methoxy groups -OCH3 is 1. The molecule has 2 aromatic rings. The Bertz CT molecular complexity index is 796. The molecule has 0 radical (unpaired) electrons. The molecule has 27 heavy (non-hydrogen) atoms. The van der Waals surface area contributed by atoms with Gasteiger partial charge in [0.25, 0.3) is 5.91 Å². The largest absolute Gasteiger partial charge is 0.495 e. The predicted molar refractivity (Wildman–Crippen MR) is 107 cm³/mol. The van der Waals surface area contributed by atoms with Gasteiger partial charge in [-0.3, -0.25) is 4.79 Å². The van der Waals surface area contributed by atoms with Gasteiger partial charge in [0.15, 0.2) is 0 Å². The number of rotatable bonds is 4. The summed E-state index contributed by atoms with van der Waals surface area (Å²) in [7, 11) is 1.71. The minimum atomic E-state index is 0.129. The number of likely N-dealkylation sites (tertiary alicyclic amines) is 1. The quantitative estimate of drug-likeness (QED) is 0.833. The minimum Gasteiger partial charge on any atom is -0.495 e. The molecule has 1 amide bonds. The van der Waals surface area contributed by atoms with Crippen LogP contribution in [0.3, 0.4) is 0 Å². The standard InChI is InChI=1S/C21H26N4O2/c1-27-19-7-3-2-6-18(19)23-12-14-24(15-13-23)20-16-17(8-9-22-20)21(26)25-10-4-5-11-25/h2-3,6-9,16H,4-5,10-15H2,1H3. The number of nitrogens with zero attached hydrogens (tertiary/aromatic N) is 4. The molecule has 0 bridgehead atoms. The van der Waals surface area contributed by atoms with Gasteiger partial charge in [-0.1, -0.05) is 12.1 Å². The molecule has 0 aliphatic carbocycles. The van der Waals surface area contributed by atoms with E-state index < -0.39 is 0 Å². The highest BCUT2D eigenvalue weighted by atomic mass is 16.5. The Balaban J connectivity index is 1.44. The van der Waals surface area contributed by atoms with Crippen molar-refractivity contribution < 1.29 is 9.53 Å². The Kier molecular flexibility index (Phi) is 5.14. The molecule has 2 saturated heterocycles. The number of carbonyl (C=O) groups is 1. The van der Waals surface area contributed by atoms with Crippen LogP contribution in [0.2, 0.25) is 0 Å². The Morgan fingerprint density at radius 3 is 2.41 bits per heavy atom. The molecule has 3 heterocycles. The number of benzene rings is 1. The van der Waals surface area contributed by atoms with Gasteiger partial charge in [-0.2, -0.15) is 0 Å². The van der Waals surface area contributed by atoms with Crippen LogP contribution in [0.1, 0.15) is 23.2 Å². The van der Waals surface area contributed by atoms with E-state index in [0.717, 1.165) is 74.9 Å². The van der Waals surface area contributed by atoms with E-state index >= 15 is 0 Å². The Morgan fingerprint density at radius 1 is 0.963 bits per heavy atom. The maximum atomic E-state index is 12.6. The number of hydrogen-bond donors (Lipinski definition) is 0. The van der Waals surface area contributed by atoms with Crippen molar-refractivity contribution in [1.29, 1.82) is 0 Å². The third-order valence-corrected chi connectivity index (χ3v) is 5.42. The van der Waals surface area contributed by atoms with Gasteiger partial charge >= 0.3 is 0 Å². The molecule has 0 atom stereocenters. The second-order valence-electron chi connectivity index (χ2n) is 7.05. The maximum Gasteiger partial charge on any atom is 0.254 e. The van der Waals surface area contributed by atoms with Crippen molar-refractivity contribution in [2.75, 3.05) is 56.2 Å². The summed E-state index contributed by atoms with van der Waals surface area (Å²) in [6.45, 7) is 5.26. The van der Waals surface area contributed by atoms with E-state index in [9.17, 15) is 4.79 Å². The van der Waals surface area contributed by atoms with Gasteiger partial charge in [0.1, 0.15) is 11.6 Å². The monoisotopic (exact) mass is 366 g/mol. The van der Waals surface area contributed by atoms with Gasteiger partial charge < -0.3 is 19.4 Å². The Labute approximate surface area is 160 Å². The summed E-state index contributed by atoms with van der Waals surface area (Å²) in [5, 5.41) is 0. The first kappa shape index (κ1) is 17.6. The van der Waals surface area contributed by atoms with Crippen LogP contribution < -0.4 is 14.5 Å². The zero-order valence-corrected chi connectivity index (χ0v) is 15.8. The average Bonchev–Trinajstić information content (AvgIpc) is 3.28. The number of anilines is 2. The highest BCUT2D eigenvalue weighted by molar-refractivity contribution is 5.95. The number of amides is 1. The van der Waals surface area contributed by atoms with Crippen LogP contribution in [-0.4, -0.2) is 62.2 Å². The van der Waals surface area contributed by atoms with Crippen LogP contribution in [0.5, 0.6) is 5.75 Å². The topological polar surface area (TPSA) is 48.9 Å². The van der Waals surface area contributed by atoms with E-state index in [-0.39, 0.29) is 5.91 Å². The predicted octanol–water partition coefficient (Wildman–Crippen LogP) is 2.65. The smallest absolute Gasteiger partial charge is 0.254 e. The second kappa shape index (κ2) is 7.86. The van der Waals surface area contributed by atoms with Crippen LogP contribution in [-0.2, 0) is 0 Å². The molecular formula is C21H26N4O2.